The van der Waals surface area contributed by atoms with Crippen LogP contribution in [0.3, 0.4) is 0 Å². The number of aromatic nitrogens is 1. The molecule has 0 bridgehead atoms. The summed E-state index contributed by atoms with van der Waals surface area (Å²) >= 11 is 7.07. The predicted molar refractivity (Wildman–Crippen MR) is 120 cm³/mol. The van der Waals surface area contributed by atoms with E-state index in [1.54, 1.807) is 36.7 Å². The van der Waals surface area contributed by atoms with Crippen molar-refractivity contribution in [1.82, 2.24) is 4.57 Å². The van der Waals surface area contributed by atoms with E-state index in [-0.39, 0.29) is 30.1 Å². The number of carbonyl (C=O) groups is 2. The van der Waals surface area contributed by atoms with Gasteiger partial charge in [0.1, 0.15) is 0 Å². The fraction of sp³-hybridized carbons (Fsp3) is 0.286. The van der Waals surface area contributed by atoms with Gasteiger partial charge in [-0.25, -0.2) is 13.2 Å². The summed E-state index contributed by atoms with van der Waals surface area (Å²) in [6, 6.07) is 11.1. The third kappa shape index (κ3) is 5.61. The number of carbonyl (C=O) groups excluding carboxylic acids is 2. The lowest BCUT2D eigenvalue weighted by Gasteiger charge is -2.03. The maximum Gasteiger partial charge on any atom is 0.338 e. The van der Waals surface area contributed by atoms with Gasteiger partial charge in [0.2, 0.25) is 5.91 Å². The number of benzene rings is 2. The topological polar surface area (TPSA) is 94.8 Å². The zero-order chi connectivity index (χ0) is 22.6. The highest BCUT2D eigenvalue weighted by Gasteiger charge is 2.15. The fourth-order valence-corrected chi connectivity index (χ4v) is 5.43. The molecule has 0 saturated heterocycles. The number of hydrogen-bond donors (Lipinski definition) is 0. The molecule has 1 amide bonds. The molecule has 164 valence electrons. The molecule has 0 atom stereocenters. The number of hydrogen-bond acceptors (Lipinski definition) is 6. The predicted octanol–water partition coefficient (Wildman–Crippen LogP) is 3.75. The van der Waals surface area contributed by atoms with Crippen molar-refractivity contribution < 1.29 is 22.7 Å². The number of thiazole rings is 1. The van der Waals surface area contributed by atoms with E-state index in [0.29, 0.717) is 15.4 Å². The Balaban J connectivity index is 1.71. The Labute approximate surface area is 188 Å². The van der Waals surface area contributed by atoms with Gasteiger partial charge in [-0.3, -0.25) is 4.79 Å². The zero-order valence-corrected chi connectivity index (χ0v) is 19.4. The zero-order valence-electron chi connectivity index (χ0n) is 17.0. The average molecular weight is 481 g/mol. The van der Waals surface area contributed by atoms with E-state index in [0.717, 1.165) is 10.2 Å². The number of rotatable bonds is 7. The molecule has 0 saturated carbocycles. The second-order valence-corrected chi connectivity index (χ2v) is 10.3. The third-order valence-corrected chi connectivity index (χ3v) is 7.68. The first-order chi connectivity index (χ1) is 14.7. The van der Waals surface area contributed by atoms with Gasteiger partial charge in [0.25, 0.3) is 0 Å². The minimum atomic E-state index is -3.49. The van der Waals surface area contributed by atoms with Gasteiger partial charge in [-0.2, -0.15) is 4.99 Å². The molecule has 7 nitrogen and oxygen atoms in total. The Hall–Kier alpha value is -2.49. The highest BCUT2D eigenvalue weighted by Crippen LogP contribution is 2.19. The first kappa shape index (κ1) is 23.2. The molecule has 3 aromatic rings. The Morgan fingerprint density at radius 3 is 2.55 bits per heavy atom. The minimum Gasteiger partial charge on any atom is -0.462 e. The molecule has 1 heterocycles. The Morgan fingerprint density at radius 1 is 1.16 bits per heavy atom. The van der Waals surface area contributed by atoms with Crippen LogP contribution in [0.2, 0.25) is 5.02 Å². The number of amides is 1. The molecule has 0 N–H and O–H groups in total. The molecule has 0 aliphatic carbocycles. The summed E-state index contributed by atoms with van der Waals surface area (Å²) in [7, 11) is -1.71. The molecule has 3 rings (SSSR count). The number of esters is 1. The van der Waals surface area contributed by atoms with E-state index < -0.39 is 21.7 Å². The van der Waals surface area contributed by atoms with Crippen LogP contribution in [-0.2, 0) is 26.4 Å². The standard InChI is InChI=1S/C21H21ClN2O5S2/c1-3-29-20(26)14-6-11-17-18(13-14)30-21(24(17)2)23-19(25)5-4-12-31(27,28)16-9-7-15(22)8-10-16/h6-11,13H,3-5,12H2,1-2H3. The Morgan fingerprint density at radius 2 is 1.87 bits per heavy atom. The summed E-state index contributed by atoms with van der Waals surface area (Å²) < 4.78 is 32.3. The highest BCUT2D eigenvalue weighted by atomic mass is 35.5. The SMILES string of the molecule is CCOC(=O)c1ccc2c(c1)sc(=NC(=O)CCCS(=O)(=O)c1ccc(Cl)cc1)n2C. The summed E-state index contributed by atoms with van der Waals surface area (Å²) in [5.74, 6) is -0.965. The van der Waals surface area contributed by atoms with Crippen molar-refractivity contribution in [3.05, 3.63) is 57.9 Å². The van der Waals surface area contributed by atoms with E-state index in [1.807, 2.05) is 0 Å². The van der Waals surface area contributed by atoms with Gasteiger partial charge in [0, 0.05) is 18.5 Å². The number of halogens is 1. The Bertz CT molecular complexity index is 1290. The molecule has 0 spiro atoms. The van der Waals surface area contributed by atoms with Crippen molar-refractivity contribution in [3.63, 3.8) is 0 Å². The summed E-state index contributed by atoms with van der Waals surface area (Å²) in [5, 5.41) is 0.457. The molecule has 0 fully saturated rings. The van der Waals surface area contributed by atoms with E-state index >= 15 is 0 Å². The first-order valence-electron chi connectivity index (χ1n) is 9.54. The van der Waals surface area contributed by atoms with E-state index in [1.165, 1.54) is 35.6 Å². The van der Waals surface area contributed by atoms with Crippen LogP contribution in [0.4, 0.5) is 0 Å². The van der Waals surface area contributed by atoms with Crippen molar-refractivity contribution in [2.24, 2.45) is 12.0 Å². The van der Waals surface area contributed by atoms with Crippen LogP contribution in [0.15, 0.2) is 52.4 Å². The fourth-order valence-electron chi connectivity index (χ4n) is 2.92. The smallest absolute Gasteiger partial charge is 0.338 e. The molecule has 10 heteroatoms. The van der Waals surface area contributed by atoms with Gasteiger partial charge >= 0.3 is 5.97 Å². The molecule has 0 aliphatic heterocycles. The first-order valence-corrected chi connectivity index (χ1v) is 12.4. The molecule has 2 aromatic carbocycles. The highest BCUT2D eigenvalue weighted by molar-refractivity contribution is 7.91. The van der Waals surface area contributed by atoms with Crippen molar-refractivity contribution in [2.45, 2.75) is 24.7 Å². The van der Waals surface area contributed by atoms with Crippen LogP contribution in [0, 0.1) is 0 Å². The lowest BCUT2D eigenvalue weighted by Crippen LogP contribution is -2.14. The van der Waals surface area contributed by atoms with Gasteiger partial charge in [0.05, 0.1) is 33.0 Å². The summed E-state index contributed by atoms with van der Waals surface area (Å²) in [6.45, 7) is 2.03. The van der Waals surface area contributed by atoms with Crippen LogP contribution < -0.4 is 4.80 Å². The molecule has 1 aromatic heterocycles. The largest absolute Gasteiger partial charge is 0.462 e. The Kier molecular flexibility index (Phi) is 7.30. The molecular formula is C21H21ClN2O5S2. The molecular weight excluding hydrogens is 460 g/mol. The average Bonchev–Trinajstić information content (AvgIpc) is 3.03. The lowest BCUT2D eigenvalue weighted by molar-refractivity contribution is -0.118. The van der Waals surface area contributed by atoms with Crippen molar-refractivity contribution in [2.75, 3.05) is 12.4 Å². The second-order valence-electron chi connectivity index (χ2n) is 6.73. The van der Waals surface area contributed by atoms with Crippen LogP contribution in [-0.4, -0.2) is 37.2 Å². The van der Waals surface area contributed by atoms with E-state index in [4.69, 9.17) is 16.3 Å². The second kappa shape index (κ2) is 9.76. The third-order valence-electron chi connectivity index (χ3n) is 4.52. The van der Waals surface area contributed by atoms with Gasteiger partial charge in [0.15, 0.2) is 14.6 Å². The quantitative estimate of drug-likeness (QED) is 0.480. The van der Waals surface area contributed by atoms with Crippen molar-refractivity contribution >= 4 is 54.9 Å². The molecule has 31 heavy (non-hydrogen) atoms. The molecule has 0 aliphatic rings. The van der Waals surface area contributed by atoms with Crippen molar-refractivity contribution in [1.29, 1.82) is 0 Å². The number of nitrogens with zero attached hydrogens (tertiary/aromatic N) is 2. The van der Waals surface area contributed by atoms with Gasteiger partial charge < -0.3 is 9.30 Å². The van der Waals surface area contributed by atoms with Gasteiger partial charge in [-0.15, -0.1) is 0 Å². The van der Waals surface area contributed by atoms with E-state index in [2.05, 4.69) is 4.99 Å². The number of aryl methyl sites for hydroxylation is 1. The summed E-state index contributed by atoms with van der Waals surface area (Å²) in [6.07, 6.45) is 0.171. The monoisotopic (exact) mass is 480 g/mol. The maximum atomic E-state index is 12.4. The van der Waals surface area contributed by atoms with Crippen LogP contribution in [0.25, 0.3) is 10.2 Å². The number of sulfone groups is 1. The van der Waals surface area contributed by atoms with Gasteiger partial charge in [-0.05, 0) is 55.8 Å². The van der Waals surface area contributed by atoms with E-state index in [9.17, 15) is 18.0 Å². The van der Waals surface area contributed by atoms with Crippen LogP contribution in [0.5, 0.6) is 0 Å². The minimum absolute atomic E-state index is 0.00907. The summed E-state index contributed by atoms with van der Waals surface area (Å²) in [4.78, 5) is 29.0. The van der Waals surface area contributed by atoms with Gasteiger partial charge in [-0.1, -0.05) is 22.9 Å². The molecule has 0 unspecified atom stereocenters. The normalized spacial score (nSPS) is 12.3. The molecule has 0 radical (unpaired) electrons. The van der Waals surface area contributed by atoms with Crippen LogP contribution in [0.1, 0.15) is 30.1 Å². The summed E-state index contributed by atoms with van der Waals surface area (Å²) in [5.41, 5.74) is 1.26. The van der Waals surface area contributed by atoms with Crippen molar-refractivity contribution in [3.8, 4) is 0 Å². The number of fused-ring (bicyclic) bond motifs is 1. The maximum absolute atomic E-state index is 12.4. The number of ether oxygens (including phenoxy) is 1. The lowest BCUT2D eigenvalue weighted by atomic mass is 10.2. The van der Waals surface area contributed by atoms with Crippen LogP contribution >= 0.6 is 22.9 Å².